The van der Waals surface area contributed by atoms with E-state index in [0.29, 0.717) is 5.56 Å². The molecule has 2 aromatic rings. The van der Waals surface area contributed by atoms with E-state index in [1.165, 1.54) is 12.1 Å². The van der Waals surface area contributed by atoms with Gasteiger partial charge in [0.2, 0.25) is 11.6 Å². The van der Waals surface area contributed by atoms with Crippen molar-refractivity contribution in [2.24, 2.45) is 0 Å². The number of aromatic nitrogens is 2. The molecule has 19 heavy (non-hydrogen) atoms. The summed E-state index contributed by atoms with van der Waals surface area (Å²) in [6.07, 6.45) is 1.10. The molecule has 1 aromatic heterocycles. The number of H-pyrrole nitrogens is 1. The molecule has 2 rings (SSSR count). The van der Waals surface area contributed by atoms with E-state index >= 15 is 0 Å². The normalized spacial score (nSPS) is 10.2. The van der Waals surface area contributed by atoms with Gasteiger partial charge in [-0.25, -0.2) is 4.98 Å². The average Bonchev–Trinajstić information content (AvgIpc) is 2.36. The SMILES string of the molecule is Cc1cccc([N+](=O)[O-])c1Oc1nc[nH]c(=O)c1Cl. The van der Waals surface area contributed by atoms with Crippen LogP contribution < -0.4 is 10.3 Å². The first-order valence-electron chi connectivity index (χ1n) is 5.15. The first-order valence-corrected chi connectivity index (χ1v) is 5.53. The van der Waals surface area contributed by atoms with Crippen molar-refractivity contribution in [2.75, 3.05) is 0 Å². The second-order valence-corrected chi connectivity index (χ2v) is 4.01. The van der Waals surface area contributed by atoms with Crippen molar-refractivity contribution in [3.8, 4) is 11.6 Å². The minimum absolute atomic E-state index is 0.00694. The predicted octanol–water partition coefficient (Wildman–Crippen LogP) is 2.43. The molecule has 0 bridgehead atoms. The summed E-state index contributed by atoms with van der Waals surface area (Å²) in [4.78, 5) is 27.6. The van der Waals surface area contributed by atoms with Crippen LogP contribution in [0.1, 0.15) is 5.56 Å². The number of hydrogen-bond acceptors (Lipinski definition) is 5. The van der Waals surface area contributed by atoms with Gasteiger partial charge in [-0.15, -0.1) is 0 Å². The molecule has 7 nitrogen and oxygen atoms in total. The standard InChI is InChI=1S/C11H8ClN3O4/c1-6-3-2-4-7(15(17)18)9(6)19-11-8(12)10(16)13-5-14-11/h2-5H,1H3,(H,13,14,16). The summed E-state index contributed by atoms with van der Waals surface area (Å²) in [6, 6.07) is 4.47. The first kappa shape index (κ1) is 13.0. The van der Waals surface area contributed by atoms with Crippen LogP contribution >= 0.6 is 11.6 Å². The number of nitrogens with one attached hydrogen (secondary N) is 1. The number of aryl methyl sites for hydroxylation is 1. The summed E-state index contributed by atoms with van der Waals surface area (Å²) in [5.74, 6) is -0.171. The number of nitro benzene ring substituents is 1. The van der Waals surface area contributed by atoms with Crippen LogP contribution in [0.15, 0.2) is 29.3 Å². The van der Waals surface area contributed by atoms with Crippen LogP contribution in [0, 0.1) is 17.0 Å². The van der Waals surface area contributed by atoms with Gasteiger partial charge in [0.1, 0.15) is 0 Å². The van der Waals surface area contributed by atoms with E-state index in [1.54, 1.807) is 13.0 Å². The maximum absolute atomic E-state index is 11.3. The molecular weight excluding hydrogens is 274 g/mol. The van der Waals surface area contributed by atoms with Crippen molar-refractivity contribution >= 4 is 17.3 Å². The van der Waals surface area contributed by atoms with E-state index in [9.17, 15) is 14.9 Å². The fourth-order valence-electron chi connectivity index (χ4n) is 1.45. The molecule has 0 aliphatic carbocycles. The third kappa shape index (κ3) is 2.55. The van der Waals surface area contributed by atoms with E-state index < -0.39 is 10.5 Å². The molecule has 0 aliphatic heterocycles. The predicted molar refractivity (Wildman–Crippen MR) is 67.8 cm³/mol. The molecule has 0 spiro atoms. The number of rotatable bonds is 3. The van der Waals surface area contributed by atoms with Gasteiger partial charge in [0.25, 0.3) is 5.56 Å². The molecule has 98 valence electrons. The third-order valence-corrected chi connectivity index (χ3v) is 2.68. The lowest BCUT2D eigenvalue weighted by Crippen LogP contribution is -2.08. The fourth-order valence-corrected chi connectivity index (χ4v) is 1.59. The minimum Gasteiger partial charge on any atom is -0.430 e. The molecule has 8 heteroatoms. The van der Waals surface area contributed by atoms with Gasteiger partial charge in [-0.05, 0) is 12.5 Å². The number of aromatic amines is 1. The Hall–Kier alpha value is -2.41. The van der Waals surface area contributed by atoms with Crippen molar-refractivity contribution in [1.82, 2.24) is 9.97 Å². The van der Waals surface area contributed by atoms with E-state index in [1.807, 2.05) is 0 Å². The lowest BCUT2D eigenvalue weighted by molar-refractivity contribution is -0.385. The Morgan fingerprint density at radius 1 is 1.47 bits per heavy atom. The van der Waals surface area contributed by atoms with Crippen LogP contribution in [0.5, 0.6) is 11.6 Å². The van der Waals surface area contributed by atoms with Gasteiger partial charge >= 0.3 is 5.69 Å². The highest BCUT2D eigenvalue weighted by molar-refractivity contribution is 6.31. The highest BCUT2D eigenvalue weighted by atomic mass is 35.5. The zero-order chi connectivity index (χ0) is 14.0. The van der Waals surface area contributed by atoms with E-state index in [-0.39, 0.29) is 22.3 Å². The van der Waals surface area contributed by atoms with Crippen LogP contribution in [0.2, 0.25) is 5.02 Å². The van der Waals surface area contributed by atoms with Crippen LogP contribution in [0.4, 0.5) is 5.69 Å². The summed E-state index contributed by atoms with van der Waals surface area (Å²) in [5.41, 5.74) is -0.270. The van der Waals surface area contributed by atoms with Gasteiger partial charge < -0.3 is 9.72 Å². The summed E-state index contributed by atoms with van der Waals surface area (Å²) < 4.78 is 5.31. The molecule has 1 heterocycles. The average molecular weight is 282 g/mol. The minimum atomic E-state index is -0.581. The Balaban J connectivity index is 2.52. The summed E-state index contributed by atoms with van der Waals surface area (Å²) in [7, 11) is 0. The molecule has 1 N–H and O–H groups in total. The molecule has 0 fully saturated rings. The lowest BCUT2D eigenvalue weighted by Gasteiger charge is -2.08. The van der Waals surface area contributed by atoms with Gasteiger partial charge in [-0.2, -0.15) is 0 Å². The highest BCUT2D eigenvalue weighted by Gasteiger charge is 2.20. The van der Waals surface area contributed by atoms with E-state index in [2.05, 4.69) is 9.97 Å². The quantitative estimate of drug-likeness (QED) is 0.688. The van der Waals surface area contributed by atoms with Crippen molar-refractivity contribution < 1.29 is 9.66 Å². The van der Waals surface area contributed by atoms with Gasteiger partial charge in [0.05, 0.1) is 11.3 Å². The van der Waals surface area contributed by atoms with Crippen molar-refractivity contribution in [3.05, 3.63) is 55.6 Å². The number of ether oxygens (including phenoxy) is 1. The molecule has 1 aromatic carbocycles. The first-order chi connectivity index (χ1) is 9.00. The largest absolute Gasteiger partial charge is 0.430 e. The van der Waals surface area contributed by atoms with Crippen LogP contribution in [-0.4, -0.2) is 14.9 Å². The fraction of sp³-hybridized carbons (Fsp3) is 0.0909. The molecule has 0 atom stereocenters. The Kier molecular flexibility index (Phi) is 3.48. The molecular formula is C11H8ClN3O4. The van der Waals surface area contributed by atoms with E-state index in [4.69, 9.17) is 16.3 Å². The maximum atomic E-state index is 11.3. The van der Waals surface area contributed by atoms with E-state index in [0.717, 1.165) is 6.33 Å². The Labute approximate surface area is 112 Å². The second kappa shape index (κ2) is 5.07. The molecule has 0 saturated heterocycles. The summed E-state index contributed by atoms with van der Waals surface area (Å²) in [5, 5.41) is 10.7. The summed E-state index contributed by atoms with van der Waals surface area (Å²) >= 11 is 5.73. The van der Waals surface area contributed by atoms with Crippen molar-refractivity contribution in [2.45, 2.75) is 6.92 Å². The number of nitro groups is 1. The zero-order valence-corrected chi connectivity index (χ0v) is 10.5. The Bertz CT molecular complexity index is 699. The Morgan fingerprint density at radius 2 is 2.21 bits per heavy atom. The molecule has 0 aliphatic rings. The monoisotopic (exact) mass is 281 g/mol. The number of nitrogens with zero attached hydrogens (tertiary/aromatic N) is 2. The second-order valence-electron chi connectivity index (χ2n) is 3.63. The molecule has 0 unspecified atom stereocenters. The number of hydrogen-bond donors (Lipinski definition) is 1. The highest BCUT2D eigenvalue weighted by Crippen LogP contribution is 2.34. The van der Waals surface area contributed by atoms with Crippen LogP contribution in [0.3, 0.4) is 0 Å². The van der Waals surface area contributed by atoms with Gasteiger partial charge in [-0.3, -0.25) is 14.9 Å². The molecule has 0 radical (unpaired) electrons. The lowest BCUT2D eigenvalue weighted by atomic mass is 10.2. The zero-order valence-electron chi connectivity index (χ0n) is 9.71. The molecule has 0 amide bonds. The summed E-state index contributed by atoms with van der Waals surface area (Å²) in [6.45, 7) is 1.64. The van der Waals surface area contributed by atoms with Gasteiger partial charge in [0, 0.05) is 6.07 Å². The molecule has 0 saturated carbocycles. The van der Waals surface area contributed by atoms with Gasteiger partial charge in [-0.1, -0.05) is 23.7 Å². The number of para-hydroxylation sites is 1. The van der Waals surface area contributed by atoms with Crippen molar-refractivity contribution in [1.29, 1.82) is 0 Å². The van der Waals surface area contributed by atoms with Crippen molar-refractivity contribution in [3.63, 3.8) is 0 Å². The van der Waals surface area contributed by atoms with Gasteiger partial charge in [0.15, 0.2) is 5.02 Å². The smallest absolute Gasteiger partial charge is 0.311 e. The van der Waals surface area contributed by atoms with Crippen LogP contribution in [0.25, 0.3) is 0 Å². The van der Waals surface area contributed by atoms with Crippen LogP contribution in [-0.2, 0) is 0 Å². The maximum Gasteiger partial charge on any atom is 0.311 e. The number of halogens is 1. The Morgan fingerprint density at radius 3 is 2.89 bits per heavy atom. The topological polar surface area (TPSA) is 98.1 Å². The number of benzene rings is 1. The third-order valence-electron chi connectivity index (χ3n) is 2.35.